The molecule has 4 aromatic heterocycles. The number of nitrogens with one attached hydrogen (secondary N) is 1. The molecular weight excluding hydrogens is 238 g/mol. The summed E-state index contributed by atoms with van der Waals surface area (Å²) in [7, 11) is 0. The van der Waals surface area contributed by atoms with Gasteiger partial charge in [0, 0.05) is 35.7 Å². The van der Waals surface area contributed by atoms with E-state index in [2.05, 4.69) is 26.1 Å². The number of aromatic amines is 1. The first kappa shape index (κ1) is 10.3. The zero-order valence-corrected chi connectivity index (χ0v) is 10.3. The molecule has 0 aliphatic carbocycles. The molecule has 92 valence electrons. The topological polar surface area (TPSA) is 58.9 Å². The normalized spacial score (nSPS) is 11.4. The van der Waals surface area contributed by atoms with Crippen LogP contribution in [0.25, 0.3) is 27.7 Å². The molecule has 0 aliphatic rings. The zero-order valence-electron chi connectivity index (χ0n) is 10.3. The minimum absolute atomic E-state index is 0.771. The van der Waals surface area contributed by atoms with Crippen LogP contribution in [0.3, 0.4) is 0 Å². The zero-order chi connectivity index (χ0) is 12.8. The van der Waals surface area contributed by atoms with Gasteiger partial charge in [-0.25, -0.2) is 14.5 Å². The van der Waals surface area contributed by atoms with Crippen molar-refractivity contribution >= 4 is 16.6 Å². The van der Waals surface area contributed by atoms with Crippen LogP contribution >= 0.6 is 0 Å². The minimum atomic E-state index is 0.771. The van der Waals surface area contributed by atoms with E-state index in [9.17, 15) is 0 Å². The van der Waals surface area contributed by atoms with Crippen molar-refractivity contribution in [3.8, 4) is 11.1 Å². The Labute approximate surface area is 108 Å². The van der Waals surface area contributed by atoms with Crippen LogP contribution in [0.4, 0.5) is 0 Å². The maximum atomic E-state index is 4.39. The predicted molar refractivity (Wildman–Crippen MR) is 72.8 cm³/mol. The van der Waals surface area contributed by atoms with E-state index < -0.39 is 0 Å². The van der Waals surface area contributed by atoms with Crippen LogP contribution in [0.1, 0.15) is 5.82 Å². The third-order valence-electron chi connectivity index (χ3n) is 3.26. The van der Waals surface area contributed by atoms with Gasteiger partial charge in [0.15, 0.2) is 0 Å². The maximum absolute atomic E-state index is 4.39. The largest absolute Gasteiger partial charge is 0.345 e. The van der Waals surface area contributed by atoms with Gasteiger partial charge in [-0.2, -0.15) is 5.10 Å². The van der Waals surface area contributed by atoms with Gasteiger partial charge in [-0.1, -0.05) is 0 Å². The summed E-state index contributed by atoms with van der Waals surface area (Å²) in [5.41, 5.74) is 4.18. The van der Waals surface area contributed by atoms with Crippen molar-refractivity contribution in [3.63, 3.8) is 0 Å². The van der Waals surface area contributed by atoms with E-state index in [1.54, 1.807) is 6.20 Å². The molecule has 0 spiro atoms. The number of fused-ring (bicyclic) bond motifs is 2. The molecule has 0 unspecified atom stereocenters. The summed E-state index contributed by atoms with van der Waals surface area (Å²) in [6.45, 7) is 1.89. The van der Waals surface area contributed by atoms with Gasteiger partial charge in [-0.15, -0.1) is 0 Å². The summed E-state index contributed by atoms with van der Waals surface area (Å²) in [6, 6.07) is 6.14. The van der Waals surface area contributed by atoms with Crippen molar-refractivity contribution in [2.75, 3.05) is 0 Å². The Morgan fingerprint density at radius 3 is 3.16 bits per heavy atom. The van der Waals surface area contributed by atoms with Gasteiger partial charge in [0.1, 0.15) is 11.5 Å². The summed E-state index contributed by atoms with van der Waals surface area (Å²) in [6.07, 6.45) is 7.59. The molecule has 19 heavy (non-hydrogen) atoms. The molecule has 5 nitrogen and oxygen atoms in total. The maximum Gasteiger partial charge on any atom is 0.141 e. The van der Waals surface area contributed by atoms with Crippen molar-refractivity contribution < 1.29 is 0 Å². The van der Waals surface area contributed by atoms with Gasteiger partial charge in [-0.3, -0.25) is 0 Å². The number of aryl methyl sites for hydroxylation is 1. The van der Waals surface area contributed by atoms with E-state index in [-0.39, 0.29) is 0 Å². The van der Waals surface area contributed by atoms with Gasteiger partial charge in [0.2, 0.25) is 0 Å². The average molecular weight is 249 g/mol. The third kappa shape index (κ3) is 1.52. The van der Waals surface area contributed by atoms with E-state index >= 15 is 0 Å². The van der Waals surface area contributed by atoms with Crippen LogP contribution in [-0.4, -0.2) is 24.6 Å². The van der Waals surface area contributed by atoms with Crippen LogP contribution in [-0.2, 0) is 0 Å². The van der Waals surface area contributed by atoms with E-state index in [4.69, 9.17) is 0 Å². The quantitative estimate of drug-likeness (QED) is 0.564. The number of hydrogen-bond acceptors (Lipinski definition) is 3. The molecule has 1 N–H and O–H groups in total. The van der Waals surface area contributed by atoms with Gasteiger partial charge < -0.3 is 4.98 Å². The lowest BCUT2D eigenvalue weighted by molar-refractivity contribution is 0.962. The Kier molecular flexibility index (Phi) is 1.97. The van der Waals surface area contributed by atoms with Gasteiger partial charge in [0.05, 0.1) is 5.52 Å². The molecule has 0 aliphatic heterocycles. The van der Waals surface area contributed by atoms with Crippen molar-refractivity contribution in [1.29, 1.82) is 0 Å². The van der Waals surface area contributed by atoms with Crippen molar-refractivity contribution in [1.82, 2.24) is 24.6 Å². The highest BCUT2D eigenvalue weighted by Crippen LogP contribution is 2.27. The minimum Gasteiger partial charge on any atom is -0.345 e. The van der Waals surface area contributed by atoms with E-state index in [0.29, 0.717) is 0 Å². The number of pyridine rings is 1. The second-order valence-electron chi connectivity index (χ2n) is 4.50. The highest BCUT2D eigenvalue weighted by atomic mass is 15.2. The lowest BCUT2D eigenvalue weighted by Crippen LogP contribution is -1.88. The van der Waals surface area contributed by atoms with Crippen LogP contribution in [0.5, 0.6) is 0 Å². The Hall–Kier alpha value is -2.69. The Morgan fingerprint density at radius 2 is 2.21 bits per heavy atom. The van der Waals surface area contributed by atoms with Crippen molar-refractivity contribution in [3.05, 3.63) is 48.8 Å². The summed E-state index contributed by atoms with van der Waals surface area (Å²) in [4.78, 5) is 11.9. The fourth-order valence-corrected chi connectivity index (χ4v) is 2.32. The lowest BCUT2D eigenvalue weighted by Gasteiger charge is -2.00. The highest BCUT2D eigenvalue weighted by molar-refractivity contribution is 5.93. The van der Waals surface area contributed by atoms with E-state index in [0.717, 1.165) is 33.5 Å². The molecule has 0 amide bonds. The van der Waals surface area contributed by atoms with E-state index in [1.807, 2.05) is 42.2 Å². The summed E-state index contributed by atoms with van der Waals surface area (Å²) < 4.78 is 1.85. The summed E-state index contributed by atoms with van der Waals surface area (Å²) >= 11 is 0. The van der Waals surface area contributed by atoms with Gasteiger partial charge >= 0.3 is 0 Å². The first-order valence-electron chi connectivity index (χ1n) is 6.06. The summed E-state index contributed by atoms with van der Waals surface area (Å²) in [5, 5.41) is 5.24. The predicted octanol–water partition coefficient (Wildman–Crippen LogP) is 2.58. The van der Waals surface area contributed by atoms with Crippen molar-refractivity contribution in [2.24, 2.45) is 0 Å². The lowest BCUT2D eigenvalue weighted by atomic mass is 10.1. The first-order valence-corrected chi connectivity index (χ1v) is 6.06. The van der Waals surface area contributed by atoms with Crippen molar-refractivity contribution in [2.45, 2.75) is 6.92 Å². The smallest absolute Gasteiger partial charge is 0.141 e. The molecule has 0 atom stereocenters. The molecule has 4 heterocycles. The van der Waals surface area contributed by atoms with Crippen LogP contribution in [0.2, 0.25) is 0 Å². The SMILES string of the molecule is Cc1ncc2c(-c3ccn4nccc4c3)c[nH]c2n1. The second kappa shape index (κ2) is 3.65. The monoisotopic (exact) mass is 249 g/mol. The fourth-order valence-electron chi connectivity index (χ4n) is 2.32. The van der Waals surface area contributed by atoms with Crippen LogP contribution in [0, 0.1) is 6.92 Å². The molecule has 0 bridgehead atoms. The molecule has 0 fully saturated rings. The first-order chi connectivity index (χ1) is 9.31. The molecule has 0 aromatic carbocycles. The number of rotatable bonds is 1. The highest BCUT2D eigenvalue weighted by Gasteiger charge is 2.08. The average Bonchev–Trinajstić information content (AvgIpc) is 3.02. The Morgan fingerprint density at radius 1 is 1.26 bits per heavy atom. The number of H-pyrrole nitrogens is 1. The number of aromatic nitrogens is 5. The third-order valence-corrected chi connectivity index (χ3v) is 3.26. The molecule has 4 aromatic rings. The van der Waals surface area contributed by atoms with Crippen LogP contribution < -0.4 is 0 Å². The second-order valence-corrected chi connectivity index (χ2v) is 4.50. The molecule has 0 saturated heterocycles. The van der Waals surface area contributed by atoms with E-state index in [1.165, 1.54) is 0 Å². The Bertz CT molecular complexity index is 887. The summed E-state index contributed by atoms with van der Waals surface area (Å²) in [5.74, 6) is 0.771. The standard InChI is InChI=1S/C14H11N5/c1-9-15-8-13-12(7-16-14(13)18-9)10-3-5-19-11(6-10)2-4-17-19/h2-8H,1H3,(H,15,16,18). The number of nitrogens with zero attached hydrogens (tertiary/aromatic N) is 4. The molecular formula is C14H11N5. The van der Waals surface area contributed by atoms with Gasteiger partial charge in [0.25, 0.3) is 0 Å². The Balaban J connectivity index is 1.97. The van der Waals surface area contributed by atoms with Crippen LogP contribution in [0.15, 0.2) is 43.0 Å². The molecule has 4 rings (SSSR count). The molecule has 0 radical (unpaired) electrons. The fraction of sp³-hybridized carbons (Fsp3) is 0.0714. The van der Waals surface area contributed by atoms with Gasteiger partial charge in [-0.05, 0) is 30.7 Å². The number of hydrogen-bond donors (Lipinski definition) is 1. The molecule has 0 saturated carbocycles. The molecule has 5 heteroatoms.